The molecule has 160 valence electrons. The molecule has 0 bridgehead atoms. The van der Waals surface area contributed by atoms with Crippen molar-refractivity contribution in [2.45, 2.75) is 20.3 Å². The van der Waals surface area contributed by atoms with Crippen LogP contribution in [0.1, 0.15) is 27.7 Å². The molecule has 2 heterocycles. The molecule has 5 nitrogen and oxygen atoms in total. The lowest BCUT2D eigenvalue weighted by atomic mass is 10.1. The second-order valence-electron chi connectivity index (χ2n) is 7.51. The molecule has 0 spiro atoms. The van der Waals surface area contributed by atoms with Gasteiger partial charge in [0.1, 0.15) is 15.9 Å². The minimum Gasteiger partial charge on any atom is -0.321 e. The number of carbonyl (C=O) groups excluding carboxylic acids is 1. The normalized spacial score (nSPS) is 11.4. The quantitative estimate of drug-likeness (QED) is 0.299. The molecule has 0 saturated heterocycles. The number of aryl methyl sites for hydroxylation is 2. The number of hydrogen-bond acceptors (Lipinski definition) is 4. The molecule has 3 aromatic carbocycles. The van der Waals surface area contributed by atoms with E-state index >= 15 is 0 Å². The third-order valence-corrected chi connectivity index (χ3v) is 7.24. The topological polar surface area (TPSA) is 59.8 Å². The van der Waals surface area contributed by atoms with Crippen LogP contribution in [0.3, 0.4) is 0 Å². The van der Waals surface area contributed by atoms with Crippen LogP contribution in [-0.4, -0.2) is 20.9 Å². The predicted molar refractivity (Wildman–Crippen MR) is 133 cm³/mol. The summed E-state index contributed by atoms with van der Waals surface area (Å²) in [6, 6.07) is 17.3. The van der Waals surface area contributed by atoms with Gasteiger partial charge >= 0.3 is 0 Å². The number of halogens is 2. The van der Waals surface area contributed by atoms with Crippen LogP contribution in [0.4, 0.5) is 5.69 Å². The Kier molecular flexibility index (Phi) is 5.37. The van der Waals surface area contributed by atoms with Gasteiger partial charge in [-0.15, -0.1) is 21.5 Å². The number of rotatable bonds is 4. The number of aromatic nitrogens is 3. The van der Waals surface area contributed by atoms with E-state index in [4.69, 9.17) is 23.2 Å². The highest BCUT2D eigenvalue weighted by atomic mass is 35.5. The van der Waals surface area contributed by atoms with E-state index in [1.807, 2.05) is 43.3 Å². The third-order valence-electron chi connectivity index (χ3n) is 5.35. The van der Waals surface area contributed by atoms with Crippen molar-refractivity contribution in [1.82, 2.24) is 15.0 Å². The average Bonchev–Trinajstić information content (AvgIpc) is 3.34. The maximum atomic E-state index is 13.0. The van der Waals surface area contributed by atoms with Crippen molar-refractivity contribution in [2.24, 2.45) is 0 Å². The van der Waals surface area contributed by atoms with E-state index in [-0.39, 0.29) is 5.91 Å². The van der Waals surface area contributed by atoms with E-state index in [0.717, 1.165) is 33.3 Å². The molecule has 32 heavy (non-hydrogen) atoms. The molecule has 0 saturated carbocycles. The number of amides is 1. The molecule has 0 aliphatic heterocycles. The van der Waals surface area contributed by atoms with E-state index in [9.17, 15) is 4.79 Å². The van der Waals surface area contributed by atoms with Gasteiger partial charge in [-0.3, -0.25) is 4.79 Å². The van der Waals surface area contributed by atoms with Gasteiger partial charge in [-0.05, 0) is 60.9 Å². The van der Waals surface area contributed by atoms with Crippen LogP contribution in [0.25, 0.3) is 26.8 Å². The van der Waals surface area contributed by atoms with E-state index in [2.05, 4.69) is 34.6 Å². The molecular formula is C24H18Cl2N4OS. The Morgan fingerprint density at radius 2 is 1.75 bits per heavy atom. The molecule has 5 rings (SSSR count). The molecule has 0 fully saturated rings. The lowest BCUT2D eigenvalue weighted by Gasteiger charge is -2.07. The second-order valence-corrected chi connectivity index (χ2v) is 9.37. The molecular weight excluding hydrogens is 463 g/mol. The Bertz CT molecular complexity index is 1490. The Balaban J connectivity index is 1.47. The minimum absolute atomic E-state index is 0.266. The van der Waals surface area contributed by atoms with Crippen LogP contribution >= 0.6 is 34.5 Å². The summed E-state index contributed by atoms with van der Waals surface area (Å²) in [6.45, 7) is 4.05. The number of nitrogens with zero attached hydrogens (tertiary/aromatic N) is 3. The average molecular weight is 481 g/mol. The maximum Gasteiger partial charge on any atom is 0.267 e. The van der Waals surface area contributed by atoms with Gasteiger partial charge in [-0.25, -0.2) is 0 Å². The third kappa shape index (κ3) is 3.75. The van der Waals surface area contributed by atoms with Gasteiger partial charge in [0.15, 0.2) is 0 Å². The van der Waals surface area contributed by atoms with Gasteiger partial charge in [0, 0.05) is 20.8 Å². The van der Waals surface area contributed by atoms with Crippen LogP contribution in [0.5, 0.6) is 0 Å². The van der Waals surface area contributed by atoms with Crippen LogP contribution in [0, 0.1) is 6.92 Å². The summed E-state index contributed by atoms with van der Waals surface area (Å²) in [5.74, 6) is -0.266. The van der Waals surface area contributed by atoms with Crippen molar-refractivity contribution in [3.8, 4) is 5.69 Å². The van der Waals surface area contributed by atoms with Crippen LogP contribution in [0.15, 0.2) is 54.6 Å². The van der Waals surface area contributed by atoms with Crippen molar-refractivity contribution in [1.29, 1.82) is 0 Å². The zero-order chi connectivity index (χ0) is 22.4. The second kappa shape index (κ2) is 8.20. The zero-order valence-electron chi connectivity index (χ0n) is 17.3. The van der Waals surface area contributed by atoms with Crippen molar-refractivity contribution in [2.75, 3.05) is 5.32 Å². The SMILES string of the molecule is CCc1ccc(-n2nc3cc(C)c(NC(=O)c4sc5cc(Cl)ccc5c4Cl)cc3n2)cc1. The van der Waals surface area contributed by atoms with Crippen molar-refractivity contribution >= 4 is 67.3 Å². The number of carbonyl (C=O) groups is 1. The first kappa shape index (κ1) is 20.9. The van der Waals surface area contributed by atoms with E-state index < -0.39 is 0 Å². The van der Waals surface area contributed by atoms with Crippen LogP contribution < -0.4 is 5.32 Å². The summed E-state index contributed by atoms with van der Waals surface area (Å²) < 4.78 is 0.872. The number of nitrogens with one attached hydrogen (secondary N) is 1. The Morgan fingerprint density at radius 1 is 1.03 bits per heavy atom. The first-order valence-electron chi connectivity index (χ1n) is 10.1. The zero-order valence-corrected chi connectivity index (χ0v) is 19.6. The van der Waals surface area contributed by atoms with Crippen LogP contribution in [0.2, 0.25) is 10.0 Å². The van der Waals surface area contributed by atoms with Gasteiger partial charge in [-0.1, -0.05) is 48.3 Å². The molecule has 0 unspecified atom stereocenters. The summed E-state index contributed by atoms with van der Waals surface area (Å²) in [4.78, 5) is 15.1. The highest BCUT2D eigenvalue weighted by Gasteiger charge is 2.19. The fourth-order valence-corrected chi connectivity index (χ4v) is 5.24. The molecule has 2 aromatic heterocycles. The lowest BCUT2D eigenvalue weighted by molar-refractivity contribution is 0.103. The van der Waals surface area contributed by atoms with Gasteiger partial charge in [0.25, 0.3) is 5.91 Å². The number of hydrogen-bond donors (Lipinski definition) is 1. The Morgan fingerprint density at radius 3 is 2.47 bits per heavy atom. The molecule has 0 radical (unpaired) electrons. The van der Waals surface area contributed by atoms with Crippen LogP contribution in [-0.2, 0) is 6.42 Å². The number of thiophene rings is 1. The Labute approximate surface area is 198 Å². The summed E-state index contributed by atoms with van der Waals surface area (Å²) in [5, 5.41) is 14.0. The summed E-state index contributed by atoms with van der Waals surface area (Å²) in [6.07, 6.45) is 0.980. The van der Waals surface area contributed by atoms with Gasteiger partial charge < -0.3 is 5.32 Å². The monoisotopic (exact) mass is 480 g/mol. The fraction of sp³-hybridized carbons (Fsp3) is 0.125. The van der Waals surface area contributed by atoms with Crippen molar-refractivity contribution in [3.05, 3.63) is 80.6 Å². The largest absolute Gasteiger partial charge is 0.321 e. The standard InChI is InChI=1S/C24H18Cl2N4OS/c1-3-14-4-7-16(8-5-14)30-28-19-10-13(2)18(12-20(19)29-30)27-24(31)23-22(26)17-9-6-15(25)11-21(17)32-23/h4-12H,3H2,1-2H3,(H,27,31). The summed E-state index contributed by atoms with van der Waals surface area (Å²) >= 11 is 13.9. The van der Waals surface area contributed by atoms with Gasteiger partial charge in [0.05, 0.1) is 10.7 Å². The fourth-order valence-electron chi connectivity index (χ4n) is 3.55. The molecule has 0 aliphatic rings. The van der Waals surface area contributed by atoms with E-state index in [0.29, 0.717) is 26.1 Å². The van der Waals surface area contributed by atoms with E-state index in [1.54, 1.807) is 10.9 Å². The van der Waals surface area contributed by atoms with Crippen molar-refractivity contribution < 1.29 is 4.79 Å². The van der Waals surface area contributed by atoms with Crippen molar-refractivity contribution in [3.63, 3.8) is 0 Å². The summed E-state index contributed by atoms with van der Waals surface area (Å²) in [7, 11) is 0. The number of fused-ring (bicyclic) bond motifs is 2. The smallest absolute Gasteiger partial charge is 0.267 e. The summed E-state index contributed by atoms with van der Waals surface area (Å²) in [5.41, 5.74) is 5.15. The molecule has 1 amide bonds. The Hall–Kier alpha value is -2.93. The van der Waals surface area contributed by atoms with E-state index in [1.165, 1.54) is 16.9 Å². The maximum absolute atomic E-state index is 13.0. The van der Waals surface area contributed by atoms with Gasteiger partial charge in [0.2, 0.25) is 0 Å². The predicted octanol–water partition coefficient (Wildman–Crippen LogP) is 7.07. The highest BCUT2D eigenvalue weighted by Crippen LogP contribution is 2.37. The number of benzene rings is 3. The number of anilines is 1. The first-order chi connectivity index (χ1) is 15.4. The first-order valence-corrected chi connectivity index (χ1v) is 11.7. The minimum atomic E-state index is -0.266. The molecule has 0 atom stereocenters. The lowest BCUT2D eigenvalue weighted by Crippen LogP contribution is -2.11. The van der Waals surface area contributed by atoms with Gasteiger partial charge in [-0.2, -0.15) is 4.80 Å². The molecule has 1 N–H and O–H groups in total. The highest BCUT2D eigenvalue weighted by molar-refractivity contribution is 7.21. The molecule has 0 aliphatic carbocycles. The molecule has 5 aromatic rings. The molecule has 8 heteroatoms.